The second kappa shape index (κ2) is 6.28. The first-order valence-electron chi connectivity index (χ1n) is 6.45. The zero-order valence-corrected chi connectivity index (χ0v) is 14.1. The van der Waals surface area contributed by atoms with Gasteiger partial charge in [-0.2, -0.15) is 11.8 Å². The Morgan fingerprint density at radius 3 is 2.39 bits per heavy atom. The van der Waals surface area contributed by atoms with Gasteiger partial charge in [-0.05, 0) is 31.8 Å². The van der Waals surface area contributed by atoms with Crippen LogP contribution in [0.4, 0.5) is 0 Å². The quantitative estimate of drug-likeness (QED) is 0.619. The van der Waals surface area contributed by atoms with Gasteiger partial charge in [0.25, 0.3) is 8.24 Å². The van der Waals surface area contributed by atoms with Gasteiger partial charge in [0.1, 0.15) is 12.3 Å². The lowest BCUT2D eigenvalue weighted by atomic mass is 10.4. The van der Waals surface area contributed by atoms with E-state index in [2.05, 4.69) is 45.9 Å². The van der Waals surface area contributed by atoms with Gasteiger partial charge in [-0.25, -0.2) is 0 Å². The summed E-state index contributed by atoms with van der Waals surface area (Å²) in [6, 6.07) is 4.22. The topological polar surface area (TPSA) is 39.2 Å². The third-order valence-corrected chi connectivity index (χ3v) is 8.39. The van der Waals surface area contributed by atoms with E-state index in [4.69, 9.17) is 10.2 Å². The molecular weight excluding hydrogens is 260 g/mol. The molecule has 0 unspecified atom stereocenters. The molecule has 1 rings (SSSR count). The number of nitrogens with two attached hydrogens (primary N) is 1. The van der Waals surface area contributed by atoms with Crippen molar-refractivity contribution in [2.45, 2.75) is 31.9 Å². The predicted molar refractivity (Wildman–Crippen MR) is 83.1 cm³/mol. The van der Waals surface area contributed by atoms with Crippen molar-refractivity contribution >= 4 is 20.0 Å². The van der Waals surface area contributed by atoms with Crippen molar-refractivity contribution in [3.05, 3.63) is 23.7 Å². The van der Waals surface area contributed by atoms with E-state index in [1.807, 2.05) is 11.8 Å². The second-order valence-electron chi connectivity index (χ2n) is 6.22. The van der Waals surface area contributed by atoms with Gasteiger partial charge in [0, 0.05) is 12.3 Å². The smallest absolute Gasteiger partial charge is 0.276 e. The zero-order valence-electron chi connectivity index (χ0n) is 12.3. The van der Waals surface area contributed by atoms with E-state index in [0.29, 0.717) is 0 Å². The van der Waals surface area contributed by atoms with E-state index in [0.717, 1.165) is 40.3 Å². The van der Waals surface area contributed by atoms with E-state index in [1.54, 1.807) is 0 Å². The predicted octanol–water partition coefficient (Wildman–Crippen LogP) is 2.88. The van der Waals surface area contributed by atoms with Crippen LogP contribution in [0, 0.1) is 0 Å². The first-order chi connectivity index (χ1) is 8.26. The summed E-state index contributed by atoms with van der Waals surface area (Å²) >= 11 is 1.83. The molecule has 0 aliphatic rings. The molecule has 0 atom stereocenters. The van der Waals surface area contributed by atoms with Crippen molar-refractivity contribution in [3.63, 3.8) is 0 Å². The maximum absolute atomic E-state index is 5.91. The van der Waals surface area contributed by atoms with Crippen LogP contribution in [0.3, 0.4) is 0 Å². The highest BCUT2D eigenvalue weighted by atomic mass is 32.2. The lowest BCUT2D eigenvalue weighted by Crippen LogP contribution is -2.57. The number of thioether (sulfide) groups is 1. The van der Waals surface area contributed by atoms with Gasteiger partial charge < -0.3 is 14.3 Å². The van der Waals surface area contributed by atoms with Crippen molar-refractivity contribution in [2.24, 2.45) is 5.73 Å². The summed E-state index contributed by atoms with van der Waals surface area (Å²) in [4.78, 5) is 0. The molecule has 3 nitrogen and oxygen atoms in total. The Morgan fingerprint density at radius 1 is 1.22 bits per heavy atom. The van der Waals surface area contributed by atoms with Crippen molar-refractivity contribution < 1.29 is 8.57 Å². The molecule has 0 aliphatic carbocycles. The van der Waals surface area contributed by atoms with Crippen LogP contribution in [-0.2, 0) is 12.3 Å². The summed E-state index contributed by atoms with van der Waals surface area (Å²) in [6.45, 7) is 8.91. The summed E-state index contributed by atoms with van der Waals surface area (Å²) in [5, 5.41) is 0. The van der Waals surface area contributed by atoms with E-state index in [-0.39, 0.29) is 0 Å². The van der Waals surface area contributed by atoms with E-state index in [9.17, 15) is 0 Å². The molecule has 0 saturated carbocycles. The largest absolute Gasteiger partial charge is 0.459 e. The van der Waals surface area contributed by atoms with Crippen LogP contribution in [0.15, 0.2) is 16.5 Å². The van der Waals surface area contributed by atoms with Gasteiger partial charge in [0.2, 0.25) is 0 Å². The highest BCUT2D eigenvalue weighted by molar-refractivity contribution is 7.98. The van der Waals surface area contributed by atoms with E-state index in [1.165, 1.54) is 0 Å². The van der Waals surface area contributed by atoms with Crippen molar-refractivity contribution in [3.8, 4) is 0 Å². The lowest BCUT2D eigenvalue weighted by molar-refractivity contribution is -0.806. The fourth-order valence-corrected chi connectivity index (χ4v) is 2.77. The molecule has 5 heteroatoms. The number of hydrogen-bond donors (Lipinski definition) is 1. The minimum atomic E-state index is -1.23. The summed E-state index contributed by atoms with van der Waals surface area (Å²) < 4.78 is 6.96. The lowest BCUT2D eigenvalue weighted by Gasteiger charge is -2.40. The number of hydrogen-bond acceptors (Lipinski definition) is 3. The van der Waals surface area contributed by atoms with Crippen LogP contribution in [-0.4, -0.2) is 38.8 Å². The van der Waals surface area contributed by atoms with Crippen LogP contribution in [0.2, 0.25) is 19.6 Å². The van der Waals surface area contributed by atoms with Gasteiger partial charge >= 0.3 is 0 Å². The van der Waals surface area contributed by atoms with Gasteiger partial charge in [-0.1, -0.05) is 0 Å². The molecule has 2 N–H and O–H groups in total. The van der Waals surface area contributed by atoms with Crippen molar-refractivity contribution in [1.29, 1.82) is 0 Å². The standard InChI is InChI=1S/C13H27N2OSSi/c1-15(2,18(3,4)5)10-12-6-7-13(16-12)11-17-9-8-14/h6-7H,8-11,14H2,1-5H3/q+1. The summed E-state index contributed by atoms with van der Waals surface area (Å²) in [5.41, 5.74) is 5.48. The Bertz CT molecular complexity index is 371. The minimum absolute atomic E-state index is 0.734. The molecule has 0 bridgehead atoms. The highest BCUT2D eigenvalue weighted by Gasteiger charge is 2.36. The van der Waals surface area contributed by atoms with Crippen LogP contribution >= 0.6 is 11.8 Å². The Hall–Kier alpha value is -0.233. The highest BCUT2D eigenvalue weighted by Crippen LogP contribution is 2.22. The molecule has 0 amide bonds. The number of furan rings is 1. The fourth-order valence-electron chi connectivity index (χ4n) is 1.47. The Kier molecular flexibility index (Phi) is 5.52. The molecule has 0 aromatic carbocycles. The maximum atomic E-state index is 5.91. The zero-order chi connectivity index (χ0) is 13.8. The van der Waals surface area contributed by atoms with Crippen LogP contribution in [0.5, 0.6) is 0 Å². The molecule has 0 fully saturated rings. The first-order valence-corrected chi connectivity index (χ1v) is 11.0. The van der Waals surface area contributed by atoms with Crippen molar-refractivity contribution in [2.75, 3.05) is 26.4 Å². The summed E-state index contributed by atoms with van der Waals surface area (Å²) in [5.74, 6) is 4.09. The SMILES string of the molecule is C[N+](C)(Cc1ccc(CSCCN)o1)[Si](C)(C)C. The van der Waals surface area contributed by atoms with Gasteiger partial charge in [0.15, 0.2) is 5.76 Å². The third-order valence-electron chi connectivity index (χ3n) is 3.59. The Balaban J connectivity index is 2.59. The van der Waals surface area contributed by atoms with E-state index >= 15 is 0 Å². The Morgan fingerprint density at radius 2 is 1.83 bits per heavy atom. The maximum Gasteiger partial charge on any atom is 0.276 e. The second-order valence-corrected chi connectivity index (χ2v) is 12.9. The normalized spacial score (nSPS) is 13.0. The Labute approximate surface area is 116 Å². The number of nitrogens with zero attached hydrogens (tertiary/aromatic N) is 1. The molecule has 18 heavy (non-hydrogen) atoms. The van der Waals surface area contributed by atoms with Crippen molar-refractivity contribution in [1.82, 2.24) is 0 Å². The van der Waals surface area contributed by atoms with Gasteiger partial charge in [-0.3, -0.25) is 0 Å². The monoisotopic (exact) mass is 287 g/mol. The average Bonchev–Trinajstić information content (AvgIpc) is 2.63. The first kappa shape index (κ1) is 15.8. The third kappa shape index (κ3) is 4.46. The number of quaternary nitrogens is 1. The molecule has 1 aromatic rings. The molecule has 0 radical (unpaired) electrons. The average molecular weight is 288 g/mol. The molecule has 0 spiro atoms. The summed E-state index contributed by atoms with van der Waals surface area (Å²) in [7, 11) is 3.37. The molecule has 1 heterocycles. The van der Waals surface area contributed by atoms with Gasteiger partial charge in [0.05, 0.1) is 19.8 Å². The molecule has 1 aromatic heterocycles. The van der Waals surface area contributed by atoms with Crippen LogP contribution in [0.25, 0.3) is 0 Å². The molecule has 0 aliphatic heterocycles. The fraction of sp³-hybridized carbons (Fsp3) is 0.692. The minimum Gasteiger partial charge on any atom is -0.459 e. The van der Waals surface area contributed by atoms with Crippen LogP contribution < -0.4 is 5.73 Å². The molecule has 0 saturated heterocycles. The molecule has 104 valence electrons. The van der Waals surface area contributed by atoms with Crippen LogP contribution in [0.1, 0.15) is 11.5 Å². The van der Waals surface area contributed by atoms with E-state index < -0.39 is 8.24 Å². The number of rotatable bonds is 7. The summed E-state index contributed by atoms with van der Waals surface area (Å²) in [6.07, 6.45) is 0. The molecular formula is C13H27N2OSSi+. The van der Waals surface area contributed by atoms with Gasteiger partial charge in [-0.15, -0.1) is 0 Å².